The summed E-state index contributed by atoms with van der Waals surface area (Å²) in [6.07, 6.45) is 4.01. The number of hydrogen-bond donors (Lipinski definition) is 1. The molecular formula is C20H26N2O3. The largest absolute Gasteiger partial charge is 0.390 e. The van der Waals surface area contributed by atoms with Crippen LogP contribution in [0.5, 0.6) is 0 Å². The second-order valence-electron chi connectivity index (χ2n) is 7.69. The van der Waals surface area contributed by atoms with Crippen molar-refractivity contribution in [3.8, 4) is 0 Å². The highest BCUT2D eigenvalue weighted by atomic mass is 16.3. The molecule has 2 amide bonds. The zero-order valence-corrected chi connectivity index (χ0v) is 14.6. The Kier molecular flexibility index (Phi) is 4.61. The number of aliphatic hydroxyl groups is 1. The lowest BCUT2D eigenvalue weighted by molar-refractivity contribution is -0.141. The molecule has 1 saturated heterocycles. The monoisotopic (exact) mass is 342 g/mol. The van der Waals surface area contributed by atoms with Crippen molar-refractivity contribution in [1.29, 1.82) is 0 Å². The van der Waals surface area contributed by atoms with E-state index >= 15 is 0 Å². The van der Waals surface area contributed by atoms with Crippen LogP contribution in [-0.2, 0) is 22.6 Å². The van der Waals surface area contributed by atoms with E-state index in [-0.39, 0.29) is 30.2 Å². The fraction of sp³-hybridized carbons (Fsp3) is 0.600. The molecule has 0 unspecified atom stereocenters. The van der Waals surface area contributed by atoms with Crippen LogP contribution < -0.4 is 0 Å². The standard InChI is InChI=1S/C20H26N2O3/c23-16(12-21-10-9-14-5-1-2-6-15(14)11-21)13-22-19(24)17-7-3-4-8-18(17)20(22)25/h1-2,5-6,16-18,23H,3-4,7-13H2/t16-,17-,18-/m1/s1. The molecule has 2 aliphatic heterocycles. The molecule has 1 aromatic carbocycles. The maximum absolute atomic E-state index is 12.5. The van der Waals surface area contributed by atoms with Gasteiger partial charge in [0.05, 0.1) is 24.5 Å². The van der Waals surface area contributed by atoms with Gasteiger partial charge in [-0.2, -0.15) is 0 Å². The summed E-state index contributed by atoms with van der Waals surface area (Å²) >= 11 is 0. The molecule has 1 aromatic rings. The summed E-state index contributed by atoms with van der Waals surface area (Å²) in [5, 5.41) is 10.5. The van der Waals surface area contributed by atoms with Gasteiger partial charge in [-0.15, -0.1) is 0 Å². The number of carbonyl (C=O) groups is 2. The quantitative estimate of drug-likeness (QED) is 0.844. The van der Waals surface area contributed by atoms with Gasteiger partial charge in [-0.25, -0.2) is 0 Å². The molecule has 2 fully saturated rings. The summed E-state index contributed by atoms with van der Waals surface area (Å²) in [5.74, 6) is -0.374. The van der Waals surface area contributed by atoms with E-state index < -0.39 is 6.10 Å². The predicted molar refractivity (Wildman–Crippen MR) is 93.6 cm³/mol. The van der Waals surface area contributed by atoms with Gasteiger partial charge >= 0.3 is 0 Å². The molecule has 0 bridgehead atoms. The van der Waals surface area contributed by atoms with Crippen molar-refractivity contribution in [2.24, 2.45) is 11.8 Å². The molecule has 0 spiro atoms. The fourth-order valence-electron chi connectivity index (χ4n) is 4.69. The summed E-state index contributed by atoms with van der Waals surface area (Å²) in [4.78, 5) is 28.6. The van der Waals surface area contributed by atoms with Crippen molar-refractivity contribution in [1.82, 2.24) is 9.80 Å². The average Bonchev–Trinajstić information content (AvgIpc) is 2.87. The van der Waals surface area contributed by atoms with E-state index in [2.05, 4.69) is 23.1 Å². The zero-order chi connectivity index (χ0) is 17.4. The molecule has 0 aromatic heterocycles. The summed E-state index contributed by atoms with van der Waals surface area (Å²) in [5.41, 5.74) is 2.68. The van der Waals surface area contributed by atoms with Crippen LogP contribution in [0.25, 0.3) is 0 Å². The summed E-state index contributed by atoms with van der Waals surface area (Å²) in [7, 11) is 0. The molecule has 1 N–H and O–H groups in total. The lowest BCUT2D eigenvalue weighted by Gasteiger charge is -2.31. The normalized spacial score (nSPS) is 28.0. The second kappa shape index (κ2) is 6.89. The molecule has 1 aliphatic carbocycles. The Balaban J connectivity index is 1.36. The smallest absolute Gasteiger partial charge is 0.233 e. The molecule has 3 atom stereocenters. The summed E-state index contributed by atoms with van der Waals surface area (Å²) < 4.78 is 0. The van der Waals surface area contributed by atoms with Gasteiger partial charge in [0.1, 0.15) is 0 Å². The number of rotatable bonds is 4. The van der Waals surface area contributed by atoms with E-state index in [9.17, 15) is 14.7 Å². The second-order valence-corrected chi connectivity index (χ2v) is 7.69. The molecule has 0 radical (unpaired) electrons. The fourth-order valence-corrected chi connectivity index (χ4v) is 4.69. The minimum Gasteiger partial charge on any atom is -0.390 e. The minimum atomic E-state index is -0.682. The first-order valence-electron chi connectivity index (χ1n) is 9.46. The molecular weight excluding hydrogens is 316 g/mol. The van der Waals surface area contributed by atoms with E-state index in [4.69, 9.17) is 0 Å². The first-order valence-corrected chi connectivity index (χ1v) is 9.46. The molecule has 1 saturated carbocycles. The number of carbonyl (C=O) groups excluding carboxylic acids is 2. The van der Waals surface area contributed by atoms with E-state index in [1.54, 1.807) is 0 Å². The van der Waals surface area contributed by atoms with Crippen molar-refractivity contribution in [2.45, 2.75) is 44.8 Å². The van der Waals surface area contributed by atoms with Crippen LogP contribution >= 0.6 is 0 Å². The summed E-state index contributed by atoms with van der Waals surface area (Å²) in [6.45, 7) is 2.37. The number of imide groups is 1. The first-order chi connectivity index (χ1) is 12.1. The lowest BCUT2D eigenvalue weighted by Crippen LogP contribution is -2.44. The molecule has 134 valence electrons. The Bertz CT molecular complexity index is 651. The highest BCUT2D eigenvalue weighted by Gasteiger charge is 2.48. The average molecular weight is 342 g/mol. The van der Waals surface area contributed by atoms with Crippen LogP contribution in [-0.4, -0.2) is 52.5 Å². The number of amides is 2. The Labute approximate surface area is 148 Å². The first kappa shape index (κ1) is 16.7. The van der Waals surface area contributed by atoms with Gasteiger partial charge in [0.15, 0.2) is 0 Å². The van der Waals surface area contributed by atoms with Gasteiger partial charge in [-0.1, -0.05) is 37.1 Å². The highest BCUT2D eigenvalue weighted by Crippen LogP contribution is 2.38. The van der Waals surface area contributed by atoms with Gasteiger partial charge in [0.25, 0.3) is 0 Å². The van der Waals surface area contributed by atoms with Gasteiger partial charge in [0, 0.05) is 19.6 Å². The number of fused-ring (bicyclic) bond motifs is 2. The number of hydrogen-bond acceptors (Lipinski definition) is 4. The van der Waals surface area contributed by atoms with Crippen LogP contribution in [0, 0.1) is 11.8 Å². The zero-order valence-electron chi connectivity index (χ0n) is 14.6. The Morgan fingerprint density at radius 2 is 1.64 bits per heavy atom. The Hall–Kier alpha value is -1.72. The number of likely N-dealkylation sites (tertiary alicyclic amines) is 1. The number of nitrogens with zero attached hydrogens (tertiary/aromatic N) is 2. The van der Waals surface area contributed by atoms with Crippen LogP contribution in [0.1, 0.15) is 36.8 Å². The third-order valence-electron chi connectivity index (χ3n) is 6.00. The third-order valence-corrected chi connectivity index (χ3v) is 6.00. The van der Waals surface area contributed by atoms with Crippen molar-refractivity contribution in [3.63, 3.8) is 0 Å². The van der Waals surface area contributed by atoms with Gasteiger partial charge in [0.2, 0.25) is 11.8 Å². The van der Waals surface area contributed by atoms with Gasteiger partial charge < -0.3 is 5.11 Å². The third kappa shape index (κ3) is 3.23. The lowest BCUT2D eigenvalue weighted by atomic mass is 9.81. The topological polar surface area (TPSA) is 60.9 Å². The van der Waals surface area contributed by atoms with Crippen LogP contribution in [0.4, 0.5) is 0 Å². The highest BCUT2D eigenvalue weighted by molar-refractivity contribution is 6.05. The van der Waals surface area contributed by atoms with E-state index in [0.29, 0.717) is 6.54 Å². The van der Waals surface area contributed by atoms with E-state index in [0.717, 1.165) is 45.2 Å². The van der Waals surface area contributed by atoms with Crippen LogP contribution in [0.15, 0.2) is 24.3 Å². The molecule has 5 heteroatoms. The van der Waals surface area contributed by atoms with Crippen LogP contribution in [0.2, 0.25) is 0 Å². The number of β-amino-alcohol motifs (C(OH)–C–C–N with tert-alkyl or cyclic N) is 1. The SMILES string of the molecule is O=C1[C@@H]2CCCC[C@H]2C(=O)N1C[C@H](O)CN1CCc2ccccc2C1. The van der Waals surface area contributed by atoms with E-state index in [1.807, 2.05) is 6.07 Å². The minimum absolute atomic E-state index is 0.0576. The molecule has 5 nitrogen and oxygen atoms in total. The van der Waals surface area contributed by atoms with E-state index in [1.165, 1.54) is 16.0 Å². The van der Waals surface area contributed by atoms with Crippen molar-refractivity contribution in [2.75, 3.05) is 19.6 Å². The Morgan fingerprint density at radius 3 is 2.32 bits per heavy atom. The summed E-state index contributed by atoms with van der Waals surface area (Å²) in [6, 6.07) is 8.40. The number of benzene rings is 1. The molecule has 2 heterocycles. The van der Waals surface area contributed by atoms with Crippen molar-refractivity contribution >= 4 is 11.8 Å². The van der Waals surface area contributed by atoms with Crippen molar-refractivity contribution < 1.29 is 14.7 Å². The maximum atomic E-state index is 12.5. The van der Waals surface area contributed by atoms with Gasteiger partial charge in [-0.05, 0) is 30.4 Å². The maximum Gasteiger partial charge on any atom is 0.233 e. The molecule has 25 heavy (non-hydrogen) atoms. The van der Waals surface area contributed by atoms with Crippen molar-refractivity contribution in [3.05, 3.63) is 35.4 Å². The molecule has 3 aliphatic rings. The predicted octanol–water partition coefficient (Wildman–Crippen LogP) is 1.58. The molecule has 4 rings (SSSR count). The van der Waals surface area contributed by atoms with Gasteiger partial charge in [-0.3, -0.25) is 19.4 Å². The van der Waals surface area contributed by atoms with Crippen LogP contribution in [0.3, 0.4) is 0 Å². The number of aliphatic hydroxyl groups excluding tert-OH is 1. The Morgan fingerprint density at radius 1 is 1.00 bits per heavy atom.